The van der Waals surface area contributed by atoms with Crippen molar-refractivity contribution in [1.82, 2.24) is 20.6 Å². The Hall–Kier alpha value is -1.90. The zero-order valence-corrected chi connectivity index (χ0v) is 12.1. The van der Waals surface area contributed by atoms with Crippen LogP contribution in [0.25, 0.3) is 0 Å². The van der Waals surface area contributed by atoms with E-state index in [1.807, 2.05) is 0 Å². The zero-order chi connectivity index (χ0) is 15.1. The lowest BCUT2D eigenvalue weighted by molar-refractivity contribution is -0.139. The lowest BCUT2D eigenvalue weighted by Crippen LogP contribution is -2.50. The molecule has 3 atom stereocenters. The Balaban J connectivity index is 2.51. The zero-order valence-electron chi connectivity index (χ0n) is 11.3. The molecule has 112 valence electrons. The maximum atomic E-state index is 11.7. The number of carbonyl (C=O) groups is 2. The predicted octanol–water partition coefficient (Wildman–Crippen LogP) is -0.528. The highest BCUT2D eigenvalue weighted by molar-refractivity contribution is 7.84. The molecule has 0 aromatic carbocycles. The number of urea groups is 1. The first kappa shape index (κ1) is 16.2. The summed E-state index contributed by atoms with van der Waals surface area (Å²) in [5.74, 6) is -0.826. The lowest BCUT2D eigenvalue weighted by atomic mass is 10.2. The van der Waals surface area contributed by atoms with Crippen LogP contribution in [0.15, 0.2) is 12.5 Å². The fourth-order valence-electron chi connectivity index (χ4n) is 1.63. The average Bonchev–Trinajstić information content (AvgIpc) is 2.79. The van der Waals surface area contributed by atoms with Crippen LogP contribution >= 0.6 is 0 Å². The number of rotatable bonds is 7. The van der Waals surface area contributed by atoms with E-state index in [1.54, 1.807) is 6.92 Å². The van der Waals surface area contributed by atoms with Crippen molar-refractivity contribution in [3.05, 3.63) is 18.2 Å². The first-order valence-electron chi connectivity index (χ1n) is 5.95. The van der Waals surface area contributed by atoms with Gasteiger partial charge in [0, 0.05) is 47.2 Å². The highest BCUT2D eigenvalue weighted by atomic mass is 32.2. The summed E-state index contributed by atoms with van der Waals surface area (Å²) in [4.78, 5) is 29.3. The second-order valence-corrected chi connectivity index (χ2v) is 5.91. The molecule has 4 N–H and O–H groups in total. The Morgan fingerprint density at radius 3 is 2.70 bits per heavy atom. The number of nitrogens with one attached hydrogen (secondary N) is 3. The molecule has 20 heavy (non-hydrogen) atoms. The van der Waals surface area contributed by atoms with Crippen LogP contribution in [0, 0.1) is 0 Å². The van der Waals surface area contributed by atoms with Crippen LogP contribution in [0.1, 0.15) is 12.6 Å². The van der Waals surface area contributed by atoms with Gasteiger partial charge in [-0.25, -0.2) is 14.6 Å². The van der Waals surface area contributed by atoms with E-state index in [0.29, 0.717) is 11.4 Å². The van der Waals surface area contributed by atoms with E-state index in [1.165, 1.54) is 18.8 Å². The smallest absolute Gasteiger partial charge is 0.326 e. The molecule has 0 aliphatic heterocycles. The molecule has 1 aromatic rings. The standard InChI is InChI=1S/C11H18N4O4S/c1-7(5-20(2)19)14-11(18)15-9(10(16)17)3-8-4-12-6-13-8/h4,6-7,9H,3,5H2,1-2H3,(H,12,13)(H,16,17)(H2,14,15,18)/t7?,9-,20?/m1/s1. The van der Waals surface area contributed by atoms with Gasteiger partial charge in [-0.3, -0.25) is 4.21 Å². The number of carboxylic acid groups (broad SMARTS) is 1. The Morgan fingerprint density at radius 1 is 1.50 bits per heavy atom. The number of carbonyl (C=O) groups excluding carboxylic acids is 1. The Morgan fingerprint density at radius 2 is 2.20 bits per heavy atom. The molecule has 8 nitrogen and oxygen atoms in total. The molecule has 0 aliphatic carbocycles. The van der Waals surface area contributed by atoms with Gasteiger partial charge in [-0.2, -0.15) is 0 Å². The van der Waals surface area contributed by atoms with Gasteiger partial charge >= 0.3 is 12.0 Å². The van der Waals surface area contributed by atoms with Crippen molar-refractivity contribution in [2.75, 3.05) is 12.0 Å². The van der Waals surface area contributed by atoms with Crippen LogP contribution in [0.4, 0.5) is 4.79 Å². The van der Waals surface area contributed by atoms with Crippen molar-refractivity contribution >= 4 is 22.8 Å². The Kier molecular flexibility index (Phi) is 6.16. The van der Waals surface area contributed by atoms with Crippen molar-refractivity contribution in [3.8, 4) is 0 Å². The number of hydrogen-bond donors (Lipinski definition) is 4. The van der Waals surface area contributed by atoms with Crippen LogP contribution in [0.5, 0.6) is 0 Å². The summed E-state index contributed by atoms with van der Waals surface area (Å²) >= 11 is 0. The van der Waals surface area contributed by atoms with E-state index in [2.05, 4.69) is 20.6 Å². The molecule has 9 heteroatoms. The summed E-state index contributed by atoms with van der Waals surface area (Å²) < 4.78 is 11.0. The number of aromatic amines is 1. The summed E-state index contributed by atoms with van der Waals surface area (Å²) in [6.45, 7) is 1.70. The Labute approximate surface area is 118 Å². The summed E-state index contributed by atoms with van der Waals surface area (Å²) in [5, 5.41) is 14.0. The minimum Gasteiger partial charge on any atom is -0.480 e. The normalized spacial score (nSPS) is 15.1. The van der Waals surface area contributed by atoms with Gasteiger partial charge in [-0.15, -0.1) is 0 Å². The highest BCUT2D eigenvalue weighted by Gasteiger charge is 2.21. The molecule has 1 aromatic heterocycles. The summed E-state index contributed by atoms with van der Waals surface area (Å²) in [6, 6.07) is -1.97. The van der Waals surface area contributed by atoms with Gasteiger partial charge in [0.15, 0.2) is 0 Å². The molecular formula is C11H18N4O4S. The number of amides is 2. The fraction of sp³-hybridized carbons (Fsp3) is 0.545. The fourth-order valence-corrected chi connectivity index (χ4v) is 2.42. The molecular weight excluding hydrogens is 284 g/mol. The van der Waals surface area contributed by atoms with Crippen molar-refractivity contribution < 1.29 is 18.9 Å². The van der Waals surface area contributed by atoms with Gasteiger partial charge < -0.3 is 20.7 Å². The van der Waals surface area contributed by atoms with Gasteiger partial charge in [0.05, 0.1) is 6.33 Å². The molecule has 0 radical (unpaired) electrons. The van der Waals surface area contributed by atoms with E-state index in [-0.39, 0.29) is 12.5 Å². The maximum absolute atomic E-state index is 11.7. The first-order valence-corrected chi connectivity index (χ1v) is 7.68. The number of carboxylic acids is 1. The molecule has 0 spiro atoms. The lowest BCUT2D eigenvalue weighted by Gasteiger charge is -2.17. The minimum absolute atomic E-state index is 0.108. The van der Waals surface area contributed by atoms with Crippen LogP contribution in [-0.4, -0.2) is 55.4 Å². The van der Waals surface area contributed by atoms with Crippen LogP contribution in [-0.2, 0) is 22.0 Å². The largest absolute Gasteiger partial charge is 0.480 e. The molecule has 0 saturated carbocycles. The third-order valence-corrected chi connectivity index (χ3v) is 3.41. The van der Waals surface area contributed by atoms with E-state index < -0.39 is 28.8 Å². The molecule has 0 bridgehead atoms. The van der Waals surface area contributed by atoms with E-state index in [0.717, 1.165) is 0 Å². The monoisotopic (exact) mass is 302 g/mol. The number of aromatic nitrogens is 2. The van der Waals surface area contributed by atoms with Gasteiger partial charge in [-0.05, 0) is 6.92 Å². The average molecular weight is 302 g/mol. The number of imidazole rings is 1. The van der Waals surface area contributed by atoms with E-state index >= 15 is 0 Å². The number of aliphatic carboxylic acids is 1. The quantitative estimate of drug-likeness (QED) is 0.539. The number of hydrogen-bond acceptors (Lipinski definition) is 4. The van der Waals surface area contributed by atoms with Crippen molar-refractivity contribution in [2.24, 2.45) is 0 Å². The molecule has 2 unspecified atom stereocenters. The van der Waals surface area contributed by atoms with Crippen molar-refractivity contribution in [1.29, 1.82) is 0 Å². The second-order valence-electron chi connectivity index (χ2n) is 4.43. The highest BCUT2D eigenvalue weighted by Crippen LogP contribution is 1.99. The molecule has 0 saturated heterocycles. The van der Waals surface area contributed by atoms with E-state index in [9.17, 15) is 13.8 Å². The topological polar surface area (TPSA) is 124 Å². The molecule has 2 amide bonds. The third kappa shape index (κ3) is 5.83. The molecule has 1 rings (SSSR count). The maximum Gasteiger partial charge on any atom is 0.326 e. The van der Waals surface area contributed by atoms with Crippen LogP contribution < -0.4 is 10.6 Å². The molecule has 0 fully saturated rings. The Bertz CT molecular complexity index is 477. The van der Waals surface area contributed by atoms with E-state index in [4.69, 9.17) is 5.11 Å². The van der Waals surface area contributed by atoms with Gasteiger partial charge in [0.2, 0.25) is 0 Å². The molecule has 0 aliphatic rings. The SMILES string of the molecule is CC(CS(C)=O)NC(=O)N[C@H](Cc1cnc[nH]1)C(=O)O. The first-order chi connectivity index (χ1) is 9.38. The minimum atomic E-state index is -1.14. The van der Waals surface area contributed by atoms with Crippen molar-refractivity contribution in [2.45, 2.75) is 25.4 Å². The van der Waals surface area contributed by atoms with Gasteiger partial charge in [0.25, 0.3) is 0 Å². The molecule has 1 heterocycles. The van der Waals surface area contributed by atoms with Crippen LogP contribution in [0.3, 0.4) is 0 Å². The van der Waals surface area contributed by atoms with Gasteiger partial charge in [0.1, 0.15) is 6.04 Å². The predicted molar refractivity (Wildman–Crippen MR) is 73.8 cm³/mol. The van der Waals surface area contributed by atoms with Gasteiger partial charge in [-0.1, -0.05) is 0 Å². The summed E-state index contributed by atoms with van der Waals surface area (Å²) in [7, 11) is -1.03. The number of nitrogens with zero attached hydrogens (tertiary/aromatic N) is 1. The summed E-state index contributed by atoms with van der Waals surface area (Å²) in [6.07, 6.45) is 4.58. The second kappa shape index (κ2) is 7.63. The van der Waals surface area contributed by atoms with Crippen LogP contribution in [0.2, 0.25) is 0 Å². The summed E-state index contributed by atoms with van der Waals surface area (Å²) in [5.41, 5.74) is 0.611. The number of H-pyrrole nitrogens is 1. The van der Waals surface area contributed by atoms with Crippen molar-refractivity contribution in [3.63, 3.8) is 0 Å². The third-order valence-electron chi connectivity index (χ3n) is 2.44.